The number of carbonyl (C=O) groups is 2. The summed E-state index contributed by atoms with van der Waals surface area (Å²) in [6, 6.07) is 12.3. The van der Waals surface area contributed by atoms with Gasteiger partial charge in [0.25, 0.3) is 11.8 Å². The molecule has 2 aromatic rings. The summed E-state index contributed by atoms with van der Waals surface area (Å²) in [5, 5.41) is 3.13. The van der Waals surface area contributed by atoms with E-state index in [9.17, 15) is 9.59 Å². The van der Waals surface area contributed by atoms with Gasteiger partial charge in [0.1, 0.15) is 11.3 Å². The number of nitrogens with one attached hydrogen (secondary N) is 1. The number of hydrogen-bond donors (Lipinski definition) is 1. The Kier molecular flexibility index (Phi) is 6.22. The Balaban J connectivity index is 1.67. The molecule has 9 heteroatoms. The molecule has 7 nitrogen and oxygen atoms in total. The van der Waals surface area contributed by atoms with Gasteiger partial charge in [-0.25, -0.2) is 0 Å². The lowest BCUT2D eigenvalue weighted by atomic mass is 10.1. The summed E-state index contributed by atoms with van der Waals surface area (Å²) < 4.78 is 10.9. The van der Waals surface area contributed by atoms with Gasteiger partial charge in [-0.2, -0.15) is 0 Å². The molecule has 4 rings (SSSR count). The third kappa shape index (κ3) is 4.41. The topological polar surface area (TPSA) is 71.1 Å². The quantitative estimate of drug-likeness (QED) is 0.432. The van der Waals surface area contributed by atoms with Gasteiger partial charge in [0.05, 0.1) is 26.0 Å². The Labute approximate surface area is 190 Å². The molecule has 0 saturated carbocycles. The highest BCUT2D eigenvalue weighted by molar-refractivity contribution is 7.80. The van der Waals surface area contributed by atoms with Gasteiger partial charge in [-0.1, -0.05) is 11.6 Å². The maximum Gasteiger partial charge on any atom is 0.270 e. The molecule has 0 aliphatic carbocycles. The minimum atomic E-state index is -0.556. The molecule has 2 heterocycles. The fourth-order valence-electron chi connectivity index (χ4n) is 3.47. The number of rotatable bonds is 4. The first-order valence-electron chi connectivity index (χ1n) is 9.65. The first-order valence-corrected chi connectivity index (χ1v) is 10.4. The largest absolute Gasteiger partial charge is 0.496 e. The minimum Gasteiger partial charge on any atom is -0.496 e. The number of anilines is 2. The van der Waals surface area contributed by atoms with Crippen LogP contribution in [0, 0.1) is 0 Å². The van der Waals surface area contributed by atoms with Crippen LogP contribution in [-0.2, 0) is 14.3 Å². The van der Waals surface area contributed by atoms with Crippen molar-refractivity contribution in [3.63, 3.8) is 0 Å². The van der Waals surface area contributed by atoms with Crippen LogP contribution >= 0.6 is 23.8 Å². The van der Waals surface area contributed by atoms with Crippen molar-refractivity contribution in [2.24, 2.45) is 0 Å². The van der Waals surface area contributed by atoms with Gasteiger partial charge in [-0.3, -0.25) is 19.8 Å². The Morgan fingerprint density at radius 3 is 2.45 bits per heavy atom. The number of methoxy groups -OCH3 is 1. The fraction of sp³-hybridized carbons (Fsp3) is 0.227. The van der Waals surface area contributed by atoms with Gasteiger partial charge in [0, 0.05) is 35.4 Å². The summed E-state index contributed by atoms with van der Waals surface area (Å²) in [6.07, 6.45) is 1.52. The molecule has 2 fully saturated rings. The number of ether oxygens (including phenoxy) is 2. The SMILES string of the molecule is COc1cc(N2CCOCC2)ccc1/C=C1\C(=O)NC(=S)N(c2ccc(Cl)cc2)C1=O. The van der Waals surface area contributed by atoms with Crippen LogP contribution in [0.4, 0.5) is 11.4 Å². The van der Waals surface area contributed by atoms with Crippen LogP contribution < -0.4 is 19.9 Å². The van der Waals surface area contributed by atoms with Gasteiger partial charge < -0.3 is 14.4 Å². The van der Waals surface area contributed by atoms with Crippen molar-refractivity contribution >= 4 is 58.2 Å². The Bertz CT molecular complexity index is 1060. The lowest BCUT2D eigenvalue weighted by Gasteiger charge is -2.30. The van der Waals surface area contributed by atoms with E-state index in [-0.39, 0.29) is 10.7 Å². The van der Waals surface area contributed by atoms with E-state index in [4.69, 9.17) is 33.3 Å². The van der Waals surface area contributed by atoms with Crippen LogP contribution in [0.2, 0.25) is 5.02 Å². The average molecular weight is 458 g/mol. The van der Waals surface area contributed by atoms with Crippen LogP contribution in [0.1, 0.15) is 5.56 Å². The molecule has 2 aliphatic heterocycles. The summed E-state index contributed by atoms with van der Waals surface area (Å²) >= 11 is 11.2. The maximum absolute atomic E-state index is 13.2. The van der Waals surface area contributed by atoms with Crippen molar-refractivity contribution in [2.45, 2.75) is 0 Å². The molecule has 0 aromatic heterocycles. The monoisotopic (exact) mass is 457 g/mol. The predicted molar refractivity (Wildman–Crippen MR) is 124 cm³/mol. The van der Waals surface area contributed by atoms with Crippen LogP contribution in [0.25, 0.3) is 6.08 Å². The predicted octanol–water partition coefficient (Wildman–Crippen LogP) is 3.02. The van der Waals surface area contributed by atoms with Crippen molar-refractivity contribution in [3.8, 4) is 5.75 Å². The van der Waals surface area contributed by atoms with Gasteiger partial charge in [0.15, 0.2) is 5.11 Å². The first kappa shape index (κ1) is 21.3. The maximum atomic E-state index is 13.2. The molecule has 31 heavy (non-hydrogen) atoms. The third-order valence-electron chi connectivity index (χ3n) is 5.08. The van der Waals surface area contributed by atoms with Crippen LogP contribution in [0.15, 0.2) is 48.0 Å². The van der Waals surface area contributed by atoms with Crippen molar-refractivity contribution in [2.75, 3.05) is 43.2 Å². The van der Waals surface area contributed by atoms with Gasteiger partial charge in [0.2, 0.25) is 0 Å². The standard InChI is InChI=1S/C22H20ClN3O4S/c1-29-19-13-17(25-8-10-30-11-9-25)5-2-14(19)12-18-20(27)24-22(31)26(21(18)28)16-6-3-15(23)4-7-16/h2-7,12-13H,8-11H2,1H3,(H,24,27,31)/b18-12+. The molecular weight excluding hydrogens is 438 g/mol. The van der Waals surface area contributed by atoms with Gasteiger partial charge in [-0.05, 0) is 54.7 Å². The van der Waals surface area contributed by atoms with E-state index < -0.39 is 11.8 Å². The van der Waals surface area contributed by atoms with Crippen molar-refractivity contribution in [1.82, 2.24) is 5.32 Å². The number of morpholine rings is 1. The highest BCUT2D eigenvalue weighted by atomic mass is 35.5. The zero-order valence-electron chi connectivity index (χ0n) is 16.8. The van der Waals surface area contributed by atoms with E-state index in [1.165, 1.54) is 11.0 Å². The molecule has 0 bridgehead atoms. The van der Waals surface area contributed by atoms with Crippen LogP contribution in [-0.4, -0.2) is 50.3 Å². The molecule has 2 amide bonds. The van der Waals surface area contributed by atoms with E-state index in [2.05, 4.69) is 10.2 Å². The number of halogens is 1. The molecule has 2 aliphatic rings. The first-order chi connectivity index (χ1) is 15.0. The molecule has 0 radical (unpaired) electrons. The highest BCUT2D eigenvalue weighted by Gasteiger charge is 2.34. The second kappa shape index (κ2) is 9.05. The van der Waals surface area contributed by atoms with Crippen molar-refractivity contribution < 1.29 is 19.1 Å². The second-order valence-electron chi connectivity index (χ2n) is 6.96. The Morgan fingerprint density at radius 2 is 1.77 bits per heavy atom. The Morgan fingerprint density at radius 1 is 1.10 bits per heavy atom. The van der Waals surface area contributed by atoms with Crippen molar-refractivity contribution in [1.29, 1.82) is 0 Å². The average Bonchev–Trinajstić information content (AvgIpc) is 2.78. The van der Waals surface area contributed by atoms with Gasteiger partial charge >= 0.3 is 0 Å². The van der Waals surface area contributed by atoms with E-state index in [1.807, 2.05) is 18.2 Å². The molecule has 1 N–H and O–H groups in total. The van der Waals surface area contributed by atoms with Crippen molar-refractivity contribution in [3.05, 3.63) is 58.6 Å². The fourth-order valence-corrected chi connectivity index (χ4v) is 3.88. The Hall–Kier alpha value is -2.94. The minimum absolute atomic E-state index is 0.0177. The summed E-state index contributed by atoms with van der Waals surface area (Å²) in [6.45, 7) is 2.92. The number of carbonyl (C=O) groups excluding carboxylic acids is 2. The van der Waals surface area contributed by atoms with Crippen LogP contribution in [0.3, 0.4) is 0 Å². The second-order valence-corrected chi connectivity index (χ2v) is 7.78. The lowest BCUT2D eigenvalue weighted by Crippen LogP contribution is -2.54. The lowest BCUT2D eigenvalue weighted by molar-refractivity contribution is -0.122. The normalized spacial score (nSPS) is 18.4. The van der Waals surface area contributed by atoms with E-state index in [0.717, 1.165) is 18.8 Å². The number of thiocarbonyl (C=S) groups is 1. The summed E-state index contributed by atoms with van der Waals surface area (Å²) in [5.74, 6) is -0.516. The van der Waals surface area contributed by atoms with E-state index in [0.29, 0.717) is 35.2 Å². The molecule has 0 atom stereocenters. The molecule has 0 spiro atoms. The molecular formula is C22H20ClN3O4S. The third-order valence-corrected chi connectivity index (χ3v) is 5.62. The molecule has 0 unspecified atom stereocenters. The number of benzene rings is 2. The van der Waals surface area contributed by atoms with Crippen LogP contribution in [0.5, 0.6) is 5.75 Å². The zero-order chi connectivity index (χ0) is 22.0. The van der Waals surface area contributed by atoms with E-state index in [1.54, 1.807) is 31.4 Å². The molecule has 2 saturated heterocycles. The summed E-state index contributed by atoms with van der Waals surface area (Å²) in [7, 11) is 1.55. The summed E-state index contributed by atoms with van der Waals surface area (Å²) in [5.41, 5.74) is 2.08. The molecule has 160 valence electrons. The zero-order valence-corrected chi connectivity index (χ0v) is 18.3. The summed E-state index contributed by atoms with van der Waals surface area (Å²) in [4.78, 5) is 29.2. The van der Waals surface area contributed by atoms with Gasteiger partial charge in [-0.15, -0.1) is 0 Å². The smallest absolute Gasteiger partial charge is 0.270 e. The molecule has 2 aromatic carbocycles. The number of amides is 2. The number of nitrogens with zero attached hydrogens (tertiary/aromatic N) is 2. The highest BCUT2D eigenvalue weighted by Crippen LogP contribution is 2.30. The van der Waals surface area contributed by atoms with E-state index >= 15 is 0 Å². The number of hydrogen-bond acceptors (Lipinski definition) is 6.